The zero-order valence-corrected chi connectivity index (χ0v) is 19.8. The van der Waals surface area contributed by atoms with E-state index in [0.717, 1.165) is 11.5 Å². The molecule has 1 aromatic rings. The van der Waals surface area contributed by atoms with Gasteiger partial charge in [0.25, 0.3) is 0 Å². The molecule has 3 atom stereocenters. The zero-order valence-electron chi connectivity index (χ0n) is 19.0. The van der Waals surface area contributed by atoms with E-state index >= 15 is 0 Å². The van der Waals surface area contributed by atoms with Crippen LogP contribution in [0.4, 0.5) is 0 Å². The van der Waals surface area contributed by atoms with Crippen molar-refractivity contribution in [1.82, 2.24) is 0 Å². The first-order valence-corrected chi connectivity index (χ1v) is 11.5. The fraction of sp³-hybridized carbons (Fsp3) is 0.625. The zero-order chi connectivity index (χ0) is 22.4. The average molecular weight is 465 g/mol. The Balaban J connectivity index is 0. The first-order chi connectivity index (χ1) is 14.3. The Labute approximate surface area is 199 Å². The van der Waals surface area contributed by atoms with Crippen molar-refractivity contribution in [1.29, 1.82) is 0 Å². The normalized spacial score (nSPS) is 13.0. The number of hydrogen-bond acceptors (Lipinski definition) is 7. The summed E-state index contributed by atoms with van der Waals surface area (Å²) in [6, 6.07) is 10.1. The van der Waals surface area contributed by atoms with E-state index in [1.165, 1.54) is 19.6 Å². The van der Waals surface area contributed by atoms with Gasteiger partial charge in [0.15, 0.2) is 0 Å². The molecule has 8 heteroatoms. The summed E-state index contributed by atoms with van der Waals surface area (Å²) in [7, 11) is 1.53. The van der Waals surface area contributed by atoms with Gasteiger partial charge in [0, 0.05) is 27.7 Å². The molecular formula is C24H38BO6S. The molecule has 3 radical (unpaired) electrons. The van der Waals surface area contributed by atoms with Crippen LogP contribution in [-0.2, 0) is 34.3 Å². The summed E-state index contributed by atoms with van der Waals surface area (Å²) in [5.41, 5.74) is 1.23. The quantitative estimate of drug-likeness (QED) is 0.213. The minimum Gasteiger partial charge on any atom is -0.462 e. The maximum atomic E-state index is 12.4. The van der Waals surface area contributed by atoms with Gasteiger partial charge in [-0.25, -0.2) is 0 Å². The van der Waals surface area contributed by atoms with Crippen molar-refractivity contribution in [2.24, 2.45) is 0 Å². The van der Waals surface area contributed by atoms with Crippen LogP contribution in [0, 0.1) is 0 Å². The van der Waals surface area contributed by atoms with E-state index in [4.69, 9.17) is 14.2 Å². The number of ether oxygens (including phenoxy) is 3. The largest absolute Gasteiger partial charge is 0.462 e. The fourth-order valence-electron chi connectivity index (χ4n) is 2.74. The van der Waals surface area contributed by atoms with Crippen molar-refractivity contribution in [3.05, 3.63) is 35.9 Å². The van der Waals surface area contributed by atoms with E-state index in [0.29, 0.717) is 12.8 Å². The Morgan fingerprint density at radius 1 is 0.969 bits per heavy atom. The lowest BCUT2D eigenvalue weighted by Crippen LogP contribution is -2.27. The van der Waals surface area contributed by atoms with Crippen LogP contribution < -0.4 is 0 Å². The number of ketones is 1. The summed E-state index contributed by atoms with van der Waals surface area (Å²) >= 11 is 1.74. The third-order valence-corrected chi connectivity index (χ3v) is 5.58. The smallest absolute Gasteiger partial charge is 0.309 e. The van der Waals surface area contributed by atoms with Crippen molar-refractivity contribution < 1.29 is 28.6 Å². The molecule has 0 aliphatic rings. The molecule has 0 amide bonds. The van der Waals surface area contributed by atoms with Crippen molar-refractivity contribution in [3.8, 4) is 0 Å². The Morgan fingerprint density at radius 3 is 2.12 bits per heavy atom. The van der Waals surface area contributed by atoms with Gasteiger partial charge in [-0.3, -0.25) is 14.4 Å². The molecule has 0 spiro atoms. The number of methoxy groups -OCH3 is 1. The molecule has 0 fully saturated rings. The molecule has 0 aromatic heterocycles. The highest BCUT2D eigenvalue weighted by Crippen LogP contribution is 2.17. The summed E-state index contributed by atoms with van der Waals surface area (Å²) < 4.78 is 16.0. The second-order valence-corrected chi connectivity index (χ2v) is 8.42. The lowest BCUT2D eigenvalue weighted by Gasteiger charge is -2.20. The van der Waals surface area contributed by atoms with Gasteiger partial charge in [-0.1, -0.05) is 44.7 Å². The summed E-state index contributed by atoms with van der Waals surface area (Å²) in [4.78, 5) is 35.8. The molecular weight excluding hydrogens is 427 g/mol. The highest BCUT2D eigenvalue weighted by molar-refractivity contribution is 7.98. The van der Waals surface area contributed by atoms with Gasteiger partial charge < -0.3 is 14.2 Å². The summed E-state index contributed by atoms with van der Waals surface area (Å²) in [5, 5.41) is 0. The Morgan fingerprint density at radius 2 is 1.56 bits per heavy atom. The van der Waals surface area contributed by atoms with Crippen LogP contribution in [0.15, 0.2) is 30.3 Å². The number of carbonyl (C=O) groups is 3. The predicted molar refractivity (Wildman–Crippen MR) is 131 cm³/mol. The Hall–Kier alpha value is -1.80. The lowest BCUT2D eigenvalue weighted by molar-refractivity contribution is -0.159. The Bertz CT molecular complexity index is 655. The Kier molecular flexibility index (Phi) is 19.0. The van der Waals surface area contributed by atoms with Crippen molar-refractivity contribution in [2.75, 3.05) is 12.9 Å². The van der Waals surface area contributed by atoms with Crippen LogP contribution in [0.25, 0.3) is 0 Å². The van der Waals surface area contributed by atoms with Crippen LogP contribution in [0.2, 0.25) is 0 Å². The molecule has 0 saturated heterocycles. The van der Waals surface area contributed by atoms with Gasteiger partial charge >= 0.3 is 11.9 Å². The molecule has 6 nitrogen and oxygen atoms in total. The number of thioether (sulfide) groups is 1. The van der Waals surface area contributed by atoms with Gasteiger partial charge in [0.1, 0.15) is 18.0 Å². The number of Topliss-reactive ketones (excluding diaryl/α,β-unsaturated/α-hetero) is 1. The molecule has 3 unspecified atom stereocenters. The third-order valence-electron chi connectivity index (χ3n) is 4.51. The van der Waals surface area contributed by atoms with Gasteiger partial charge in [0.05, 0.1) is 18.9 Å². The SMILES string of the molecule is C.CCC(CC(=O)OC(CCSCc1ccccc1)CC(C)=O)OC(=O)CC(C)OC.[B]. The molecule has 1 rings (SSSR count). The fourth-order valence-corrected chi connectivity index (χ4v) is 3.75. The van der Waals surface area contributed by atoms with Crippen molar-refractivity contribution in [3.63, 3.8) is 0 Å². The van der Waals surface area contributed by atoms with E-state index in [9.17, 15) is 14.4 Å². The van der Waals surface area contributed by atoms with Crippen LogP contribution in [0.3, 0.4) is 0 Å². The van der Waals surface area contributed by atoms with Crippen LogP contribution in [0.1, 0.15) is 65.9 Å². The highest BCUT2D eigenvalue weighted by Gasteiger charge is 2.22. The summed E-state index contributed by atoms with van der Waals surface area (Å²) in [6.45, 7) is 5.11. The second-order valence-electron chi connectivity index (χ2n) is 7.32. The molecule has 179 valence electrons. The van der Waals surface area contributed by atoms with Gasteiger partial charge in [-0.2, -0.15) is 11.8 Å². The maximum Gasteiger partial charge on any atom is 0.309 e. The number of rotatable bonds is 15. The van der Waals surface area contributed by atoms with Crippen molar-refractivity contribution >= 4 is 37.9 Å². The summed E-state index contributed by atoms with van der Waals surface area (Å²) in [5.74, 6) is 0.777. The van der Waals surface area contributed by atoms with Crippen LogP contribution in [-0.4, -0.2) is 57.3 Å². The molecule has 0 N–H and O–H groups in total. The van der Waals surface area contributed by atoms with E-state index in [1.807, 2.05) is 25.1 Å². The molecule has 1 aromatic carbocycles. The number of esters is 2. The predicted octanol–water partition coefficient (Wildman–Crippen LogP) is 4.59. The third kappa shape index (κ3) is 15.1. The van der Waals surface area contributed by atoms with Crippen LogP contribution >= 0.6 is 11.8 Å². The molecule has 0 heterocycles. The lowest BCUT2D eigenvalue weighted by atomic mass is 10.1. The first-order valence-electron chi connectivity index (χ1n) is 10.4. The monoisotopic (exact) mass is 465 g/mol. The molecule has 0 aliphatic carbocycles. The van der Waals surface area contributed by atoms with E-state index in [1.54, 1.807) is 18.7 Å². The van der Waals surface area contributed by atoms with Crippen molar-refractivity contribution in [2.45, 2.75) is 84.4 Å². The summed E-state index contributed by atoms with van der Waals surface area (Å²) in [6.07, 6.45) is 0.175. The molecule has 0 saturated carbocycles. The van der Waals surface area contributed by atoms with Crippen LogP contribution in [0.5, 0.6) is 0 Å². The molecule has 0 aliphatic heterocycles. The standard InChI is InChI=1S/C23H34O6S.CH4.B/c1-5-20(28-22(25)14-18(3)27-4)15-23(26)29-21(13-17(2)24)11-12-30-16-19-9-7-6-8-10-19;;/h6-10,18,20-21H,5,11-16H2,1-4H3;1H4;. The molecule has 32 heavy (non-hydrogen) atoms. The van der Waals surface area contributed by atoms with E-state index < -0.39 is 24.1 Å². The second kappa shape index (κ2) is 18.7. The number of benzene rings is 1. The topological polar surface area (TPSA) is 78.9 Å². The average Bonchev–Trinajstić information content (AvgIpc) is 2.70. The minimum atomic E-state index is -0.542. The minimum absolute atomic E-state index is 0. The van der Waals surface area contributed by atoms with E-state index in [2.05, 4.69) is 12.1 Å². The van der Waals surface area contributed by atoms with E-state index in [-0.39, 0.29) is 47.0 Å². The number of carbonyl (C=O) groups excluding carboxylic acids is 3. The van der Waals surface area contributed by atoms with Gasteiger partial charge in [-0.05, 0) is 38.0 Å². The first kappa shape index (κ1) is 32.4. The van der Waals surface area contributed by atoms with Gasteiger partial charge in [-0.15, -0.1) is 0 Å². The van der Waals surface area contributed by atoms with Gasteiger partial charge in [0.2, 0.25) is 0 Å². The molecule has 0 bridgehead atoms. The number of hydrogen-bond donors (Lipinski definition) is 0. The maximum absolute atomic E-state index is 12.4. The highest BCUT2D eigenvalue weighted by atomic mass is 32.2.